The molecule has 0 spiro atoms. The van der Waals surface area contributed by atoms with E-state index in [0.717, 1.165) is 54.7 Å². The molecule has 0 aromatic carbocycles. The average molecular weight is 573 g/mol. The number of H-pyrrole nitrogens is 2. The summed E-state index contributed by atoms with van der Waals surface area (Å²) >= 11 is 7.77. The standard InChI is InChI=1S/C26H35ClN8OS.C2H6/c1-6-7-21-15-25(33-32-21)31-24(28-4)16-26(34-10-12-35(37-5)13-11-34)29-18-36-22(17-27)8-9-23-19(2)14-20(3)30-23;1-2/h6-9,14-17,30H,4,10-13,18H2,1-3,5H3,(H2,31,32,33);1-2H3/b7-6+,9-8-,22-17-,24-16+,29-26+;. The summed E-state index contributed by atoms with van der Waals surface area (Å²) < 4.78 is 8.19. The van der Waals surface area contributed by atoms with Crippen molar-refractivity contribution in [3.05, 3.63) is 70.1 Å². The summed E-state index contributed by atoms with van der Waals surface area (Å²) in [5.74, 6) is 2.44. The molecule has 1 aliphatic heterocycles. The van der Waals surface area contributed by atoms with E-state index in [4.69, 9.17) is 21.3 Å². The van der Waals surface area contributed by atoms with Crippen molar-refractivity contribution in [3.8, 4) is 0 Å². The predicted molar refractivity (Wildman–Crippen MR) is 169 cm³/mol. The van der Waals surface area contributed by atoms with Crippen molar-refractivity contribution in [2.24, 2.45) is 9.98 Å². The molecule has 9 nitrogen and oxygen atoms in total. The molecule has 0 bridgehead atoms. The van der Waals surface area contributed by atoms with Crippen molar-refractivity contribution >= 4 is 54.1 Å². The van der Waals surface area contributed by atoms with E-state index in [-0.39, 0.29) is 6.73 Å². The SMILES string of the molecule is C=N/C(=C\C(=N/COC(/C=C\c1[nH]c(C)cc1C)=C\Cl)N1CCN(SC)CC1)Nc1cc(/C=C/C)[nH]n1.CC. The number of amidine groups is 1. The molecule has 0 atom stereocenters. The molecule has 3 rings (SSSR count). The van der Waals surface area contributed by atoms with Crippen LogP contribution in [0.15, 0.2) is 57.5 Å². The highest BCUT2D eigenvalue weighted by Gasteiger charge is 2.19. The summed E-state index contributed by atoms with van der Waals surface area (Å²) in [5, 5.41) is 10.4. The lowest BCUT2D eigenvalue weighted by atomic mass is 10.2. The zero-order valence-corrected chi connectivity index (χ0v) is 25.4. The van der Waals surface area contributed by atoms with Gasteiger partial charge >= 0.3 is 0 Å². The Labute approximate surface area is 242 Å². The Morgan fingerprint density at radius 1 is 1.23 bits per heavy atom. The summed E-state index contributed by atoms with van der Waals surface area (Å²) in [6, 6.07) is 3.99. The number of halogens is 1. The Hall–Kier alpha value is -3.21. The first-order valence-corrected chi connectivity index (χ1v) is 14.6. The summed E-state index contributed by atoms with van der Waals surface area (Å²) in [6.45, 7) is 17.4. The molecule has 0 aliphatic carbocycles. The van der Waals surface area contributed by atoms with Crippen molar-refractivity contribution < 1.29 is 4.74 Å². The normalized spacial score (nSPS) is 15.6. The molecule has 11 heteroatoms. The monoisotopic (exact) mass is 572 g/mol. The van der Waals surface area contributed by atoms with E-state index in [2.05, 4.69) is 60.7 Å². The smallest absolute Gasteiger partial charge is 0.181 e. The number of nitrogens with zero attached hydrogens (tertiary/aromatic N) is 5. The molecule has 0 saturated carbocycles. The molecule has 2 aromatic rings. The van der Waals surface area contributed by atoms with Gasteiger partial charge in [-0.2, -0.15) is 5.10 Å². The van der Waals surface area contributed by atoms with Gasteiger partial charge in [-0.25, -0.2) is 14.3 Å². The number of aromatic amines is 2. The fourth-order valence-corrected chi connectivity index (χ4v) is 4.42. The number of aryl methyl sites for hydroxylation is 2. The van der Waals surface area contributed by atoms with Gasteiger partial charge < -0.3 is 19.9 Å². The van der Waals surface area contributed by atoms with E-state index in [0.29, 0.717) is 17.4 Å². The van der Waals surface area contributed by atoms with E-state index in [1.165, 1.54) is 5.54 Å². The Kier molecular flexibility index (Phi) is 14.3. The van der Waals surface area contributed by atoms with E-state index >= 15 is 0 Å². The number of rotatable bonds is 11. The molecule has 1 fully saturated rings. The highest BCUT2D eigenvalue weighted by atomic mass is 35.5. The maximum atomic E-state index is 6.02. The Morgan fingerprint density at radius 2 is 1.97 bits per heavy atom. The van der Waals surface area contributed by atoms with Gasteiger partial charge in [0.2, 0.25) is 0 Å². The van der Waals surface area contributed by atoms with Gasteiger partial charge in [-0.05, 0) is 63.6 Å². The molecule has 212 valence electrons. The molecular weight excluding hydrogens is 532 g/mol. The van der Waals surface area contributed by atoms with Gasteiger partial charge in [0, 0.05) is 55.2 Å². The first-order chi connectivity index (χ1) is 18.9. The number of aliphatic imine (C=N–C) groups is 2. The first kappa shape index (κ1) is 32.0. The molecule has 1 saturated heterocycles. The van der Waals surface area contributed by atoms with Gasteiger partial charge in [0.05, 0.1) is 5.69 Å². The number of allylic oxidation sites excluding steroid dienone is 2. The number of nitrogens with one attached hydrogen (secondary N) is 3. The minimum absolute atomic E-state index is 0.0957. The minimum Gasteiger partial charge on any atom is -0.470 e. The predicted octanol–water partition coefficient (Wildman–Crippen LogP) is 6.43. The third kappa shape index (κ3) is 10.5. The molecule has 0 radical (unpaired) electrons. The highest BCUT2D eigenvalue weighted by molar-refractivity contribution is 7.96. The maximum Gasteiger partial charge on any atom is 0.181 e. The van der Waals surface area contributed by atoms with Gasteiger partial charge in [0.1, 0.15) is 17.4 Å². The van der Waals surface area contributed by atoms with Crippen LogP contribution < -0.4 is 5.32 Å². The van der Waals surface area contributed by atoms with E-state index in [1.54, 1.807) is 11.9 Å². The number of hydrogen-bond donors (Lipinski definition) is 3. The van der Waals surface area contributed by atoms with Gasteiger partial charge in [0.15, 0.2) is 12.5 Å². The molecule has 3 heterocycles. The van der Waals surface area contributed by atoms with Crippen LogP contribution in [0.5, 0.6) is 0 Å². The van der Waals surface area contributed by atoms with Crippen molar-refractivity contribution in [3.63, 3.8) is 0 Å². The summed E-state index contributed by atoms with van der Waals surface area (Å²) in [4.78, 5) is 14.4. The lowest BCUT2D eigenvalue weighted by Gasteiger charge is -2.34. The quantitative estimate of drug-likeness (QED) is 0.0943. The van der Waals surface area contributed by atoms with Crippen LogP contribution in [0.3, 0.4) is 0 Å². The Balaban J connectivity index is 0.00000260. The summed E-state index contributed by atoms with van der Waals surface area (Å²) in [5.41, 5.74) is 5.57. The van der Waals surface area contributed by atoms with Crippen LogP contribution in [0.1, 0.15) is 43.4 Å². The van der Waals surface area contributed by atoms with E-state index in [9.17, 15) is 0 Å². The summed E-state index contributed by atoms with van der Waals surface area (Å²) in [6.07, 6.45) is 11.6. The van der Waals surface area contributed by atoms with Crippen molar-refractivity contribution in [2.75, 3.05) is 44.5 Å². The van der Waals surface area contributed by atoms with E-state index in [1.807, 2.05) is 64.1 Å². The second kappa shape index (κ2) is 17.4. The van der Waals surface area contributed by atoms with E-state index < -0.39 is 0 Å². The lowest BCUT2D eigenvalue weighted by molar-refractivity contribution is 0.231. The number of hydrogen-bond acceptors (Lipinski definition) is 7. The Bertz CT molecular complexity index is 1190. The average Bonchev–Trinajstić information content (AvgIpc) is 3.54. The van der Waals surface area contributed by atoms with Crippen LogP contribution in [-0.2, 0) is 4.74 Å². The van der Waals surface area contributed by atoms with Crippen LogP contribution in [0.4, 0.5) is 5.82 Å². The number of ether oxygens (including phenoxy) is 1. The van der Waals surface area contributed by atoms with Crippen LogP contribution >= 0.6 is 23.5 Å². The summed E-state index contributed by atoms with van der Waals surface area (Å²) in [7, 11) is 0. The van der Waals surface area contributed by atoms with Crippen LogP contribution in [0, 0.1) is 13.8 Å². The second-order valence-corrected chi connectivity index (χ2v) is 9.40. The second-order valence-electron chi connectivity index (χ2n) is 8.30. The maximum absolute atomic E-state index is 6.02. The fourth-order valence-electron chi connectivity index (χ4n) is 3.75. The fraction of sp³-hybridized carbons (Fsp3) is 0.393. The molecule has 0 amide bonds. The molecule has 1 aliphatic rings. The molecule has 0 unspecified atom stereocenters. The van der Waals surface area contributed by atoms with Gasteiger partial charge in [0.25, 0.3) is 0 Å². The zero-order valence-electron chi connectivity index (χ0n) is 23.8. The van der Waals surface area contributed by atoms with Crippen molar-refractivity contribution in [2.45, 2.75) is 34.6 Å². The van der Waals surface area contributed by atoms with Crippen molar-refractivity contribution in [1.29, 1.82) is 0 Å². The van der Waals surface area contributed by atoms with Crippen LogP contribution in [-0.4, -0.2) is 76.1 Å². The Morgan fingerprint density at radius 3 is 2.56 bits per heavy atom. The molecular formula is C28H41ClN8OS. The van der Waals surface area contributed by atoms with Crippen molar-refractivity contribution in [1.82, 2.24) is 24.4 Å². The van der Waals surface area contributed by atoms with Gasteiger partial charge in [-0.1, -0.05) is 43.5 Å². The molecule has 3 N–H and O–H groups in total. The number of anilines is 1. The third-order valence-electron chi connectivity index (χ3n) is 5.63. The zero-order chi connectivity index (χ0) is 28.6. The molecule has 39 heavy (non-hydrogen) atoms. The van der Waals surface area contributed by atoms with Crippen LogP contribution in [0.25, 0.3) is 12.2 Å². The third-order valence-corrected chi connectivity index (χ3v) is 6.72. The first-order valence-electron chi connectivity index (χ1n) is 12.9. The lowest BCUT2D eigenvalue weighted by Crippen LogP contribution is -2.46. The van der Waals surface area contributed by atoms with Crippen LogP contribution in [0.2, 0.25) is 0 Å². The number of aromatic nitrogens is 3. The topological polar surface area (TPSA) is 96.9 Å². The number of piperazine rings is 1. The largest absolute Gasteiger partial charge is 0.470 e. The highest BCUT2D eigenvalue weighted by Crippen LogP contribution is 2.16. The van der Waals surface area contributed by atoms with Gasteiger partial charge in [-0.15, -0.1) is 0 Å². The molecule has 2 aromatic heterocycles. The van der Waals surface area contributed by atoms with Gasteiger partial charge in [-0.3, -0.25) is 5.10 Å². The minimum atomic E-state index is 0.0957.